The van der Waals surface area contributed by atoms with E-state index in [1.807, 2.05) is 19.1 Å². The lowest BCUT2D eigenvalue weighted by Crippen LogP contribution is -2.31. The van der Waals surface area contributed by atoms with E-state index in [1.165, 1.54) is 0 Å². The van der Waals surface area contributed by atoms with Crippen LogP contribution in [0.15, 0.2) is 23.0 Å². The lowest BCUT2D eigenvalue weighted by atomic mass is 10.1. The molecular formula is C13H18N2O2. The Kier molecular flexibility index (Phi) is 4.69. The van der Waals surface area contributed by atoms with Crippen LogP contribution >= 0.6 is 0 Å². The maximum Gasteiger partial charge on any atom is 0.261 e. The number of aromatic nitrogens is 1. The minimum absolute atomic E-state index is 0.205. The Hall–Kier alpha value is -1.84. The van der Waals surface area contributed by atoms with E-state index in [-0.39, 0.29) is 17.0 Å². The lowest BCUT2D eigenvalue weighted by molar-refractivity contribution is 0.0952. The van der Waals surface area contributed by atoms with E-state index in [1.54, 1.807) is 19.9 Å². The summed E-state index contributed by atoms with van der Waals surface area (Å²) < 4.78 is 0. The van der Waals surface area contributed by atoms with Gasteiger partial charge in [0, 0.05) is 12.2 Å². The van der Waals surface area contributed by atoms with Crippen molar-refractivity contribution < 1.29 is 4.79 Å². The van der Waals surface area contributed by atoms with Gasteiger partial charge in [-0.1, -0.05) is 12.2 Å². The molecule has 0 aromatic carbocycles. The second-order valence-corrected chi connectivity index (χ2v) is 3.95. The van der Waals surface area contributed by atoms with E-state index >= 15 is 0 Å². The predicted molar refractivity (Wildman–Crippen MR) is 68.3 cm³/mol. The zero-order valence-corrected chi connectivity index (χ0v) is 10.5. The Bertz CT molecular complexity index is 487. The summed E-state index contributed by atoms with van der Waals surface area (Å²) in [7, 11) is 0. The van der Waals surface area contributed by atoms with Crippen molar-refractivity contribution in [1.82, 2.24) is 10.3 Å². The normalized spacial score (nSPS) is 10.8. The van der Waals surface area contributed by atoms with Crippen LogP contribution in [0.3, 0.4) is 0 Å². The van der Waals surface area contributed by atoms with Crippen LogP contribution < -0.4 is 10.9 Å². The molecule has 92 valence electrons. The smallest absolute Gasteiger partial charge is 0.261 e. The monoisotopic (exact) mass is 234 g/mol. The summed E-state index contributed by atoms with van der Waals surface area (Å²) >= 11 is 0. The van der Waals surface area contributed by atoms with Crippen molar-refractivity contribution in [2.75, 3.05) is 6.54 Å². The number of carbonyl (C=O) groups is 1. The third kappa shape index (κ3) is 3.59. The Morgan fingerprint density at radius 2 is 2.18 bits per heavy atom. The van der Waals surface area contributed by atoms with Crippen LogP contribution in [-0.4, -0.2) is 17.4 Å². The molecule has 0 atom stereocenters. The van der Waals surface area contributed by atoms with Crippen molar-refractivity contribution in [3.63, 3.8) is 0 Å². The summed E-state index contributed by atoms with van der Waals surface area (Å²) in [6.45, 7) is 6.03. The fourth-order valence-electron chi connectivity index (χ4n) is 1.66. The average molecular weight is 234 g/mol. The molecule has 0 aliphatic rings. The largest absolute Gasteiger partial charge is 0.352 e. The van der Waals surface area contributed by atoms with Crippen molar-refractivity contribution in [2.24, 2.45) is 0 Å². The number of aryl methyl sites for hydroxylation is 2. The van der Waals surface area contributed by atoms with Gasteiger partial charge in [-0.05, 0) is 38.8 Å². The molecule has 1 aromatic rings. The summed E-state index contributed by atoms with van der Waals surface area (Å²) in [5.74, 6) is -0.312. The first-order valence-electron chi connectivity index (χ1n) is 5.66. The van der Waals surface area contributed by atoms with Gasteiger partial charge in [0.05, 0.1) is 0 Å². The molecule has 2 N–H and O–H groups in total. The Morgan fingerprint density at radius 1 is 1.47 bits per heavy atom. The van der Waals surface area contributed by atoms with Crippen LogP contribution in [-0.2, 0) is 0 Å². The highest BCUT2D eigenvalue weighted by atomic mass is 16.2. The fourth-order valence-corrected chi connectivity index (χ4v) is 1.66. The molecule has 4 heteroatoms. The zero-order chi connectivity index (χ0) is 12.8. The maximum absolute atomic E-state index is 11.8. The number of allylic oxidation sites excluding steroid dienone is 1. The fraction of sp³-hybridized carbons (Fsp3) is 0.385. The number of nitrogens with one attached hydrogen (secondary N) is 2. The third-order valence-corrected chi connectivity index (χ3v) is 2.42. The van der Waals surface area contributed by atoms with Crippen LogP contribution in [0.4, 0.5) is 0 Å². The molecule has 1 aromatic heterocycles. The van der Waals surface area contributed by atoms with Crippen molar-refractivity contribution >= 4 is 5.91 Å². The van der Waals surface area contributed by atoms with E-state index in [9.17, 15) is 9.59 Å². The molecule has 1 rings (SSSR count). The molecule has 0 spiro atoms. The van der Waals surface area contributed by atoms with Crippen molar-refractivity contribution in [1.29, 1.82) is 0 Å². The molecule has 0 fully saturated rings. The van der Waals surface area contributed by atoms with E-state index in [4.69, 9.17) is 0 Å². The number of amides is 1. The van der Waals surface area contributed by atoms with E-state index in [0.717, 1.165) is 12.1 Å². The van der Waals surface area contributed by atoms with Gasteiger partial charge in [-0.25, -0.2) is 0 Å². The van der Waals surface area contributed by atoms with E-state index < -0.39 is 0 Å². The molecule has 0 unspecified atom stereocenters. The van der Waals surface area contributed by atoms with Gasteiger partial charge in [-0.15, -0.1) is 0 Å². The molecule has 1 amide bonds. The molecule has 4 nitrogen and oxygen atoms in total. The highest BCUT2D eigenvalue weighted by Gasteiger charge is 2.13. The Morgan fingerprint density at radius 3 is 2.76 bits per heavy atom. The minimum Gasteiger partial charge on any atom is -0.352 e. The molecule has 0 radical (unpaired) electrons. The summed E-state index contributed by atoms with van der Waals surface area (Å²) in [6.07, 6.45) is 4.66. The Balaban J connectivity index is 2.79. The standard InChI is InChI=1S/C13H18N2O2/c1-4-5-6-7-14-12(16)11-9(2)8-10(3)15-13(11)17/h4-5,8H,6-7H2,1-3H3,(H,14,16)(H,15,17)/b5-4+. The molecule has 0 aliphatic carbocycles. The molecular weight excluding hydrogens is 216 g/mol. The molecule has 0 bridgehead atoms. The minimum atomic E-state index is -0.328. The highest BCUT2D eigenvalue weighted by Crippen LogP contribution is 2.03. The predicted octanol–water partition coefficient (Wildman–Crippen LogP) is 1.69. The van der Waals surface area contributed by atoms with Crippen molar-refractivity contribution in [2.45, 2.75) is 27.2 Å². The van der Waals surface area contributed by atoms with Crippen LogP contribution in [0.2, 0.25) is 0 Å². The third-order valence-electron chi connectivity index (χ3n) is 2.42. The Labute approximate surface area is 101 Å². The maximum atomic E-state index is 11.8. The summed E-state index contributed by atoms with van der Waals surface area (Å²) in [5.41, 5.74) is 1.34. The zero-order valence-electron chi connectivity index (χ0n) is 10.5. The van der Waals surface area contributed by atoms with Crippen molar-refractivity contribution in [3.8, 4) is 0 Å². The molecule has 17 heavy (non-hydrogen) atoms. The van der Waals surface area contributed by atoms with Crippen LogP contribution in [0, 0.1) is 13.8 Å². The summed E-state index contributed by atoms with van der Waals surface area (Å²) in [4.78, 5) is 26.1. The summed E-state index contributed by atoms with van der Waals surface area (Å²) in [6, 6.07) is 1.79. The van der Waals surface area contributed by atoms with Gasteiger partial charge >= 0.3 is 0 Å². The number of rotatable bonds is 4. The number of carbonyl (C=O) groups excluding carboxylic acids is 1. The first-order chi connectivity index (χ1) is 8.06. The highest BCUT2D eigenvalue weighted by molar-refractivity contribution is 5.95. The van der Waals surface area contributed by atoms with Gasteiger partial charge in [0.1, 0.15) is 5.56 Å². The lowest BCUT2D eigenvalue weighted by Gasteiger charge is -2.06. The number of hydrogen-bond donors (Lipinski definition) is 2. The summed E-state index contributed by atoms with van der Waals surface area (Å²) in [5, 5.41) is 2.72. The van der Waals surface area contributed by atoms with Gasteiger partial charge in [0.2, 0.25) is 0 Å². The quantitative estimate of drug-likeness (QED) is 0.615. The van der Waals surface area contributed by atoms with Crippen LogP contribution in [0.1, 0.15) is 35.0 Å². The van der Waals surface area contributed by atoms with Gasteiger partial charge < -0.3 is 10.3 Å². The molecule has 0 aliphatic heterocycles. The first kappa shape index (κ1) is 13.2. The number of hydrogen-bond acceptors (Lipinski definition) is 2. The van der Waals surface area contributed by atoms with Gasteiger partial charge in [-0.2, -0.15) is 0 Å². The second-order valence-electron chi connectivity index (χ2n) is 3.95. The van der Waals surface area contributed by atoms with E-state index in [0.29, 0.717) is 12.1 Å². The number of pyridine rings is 1. The van der Waals surface area contributed by atoms with Crippen molar-refractivity contribution in [3.05, 3.63) is 45.4 Å². The molecule has 0 saturated heterocycles. The second kappa shape index (κ2) is 6.03. The average Bonchev–Trinajstić information content (AvgIpc) is 2.23. The SMILES string of the molecule is C/C=C/CCNC(=O)c1c(C)cc(C)[nH]c1=O. The first-order valence-corrected chi connectivity index (χ1v) is 5.66. The van der Waals surface area contributed by atoms with E-state index in [2.05, 4.69) is 10.3 Å². The van der Waals surface area contributed by atoms with Gasteiger partial charge in [-0.3, -0.25) is 9.59 Å². The van der Waals surface area contributed by atoms with Gasteiger partial charge in [0.15, 0.2) is 0 Å². The molecule has 1 heterocycles. The topological polar surface area (TPSA) is 62.0 Å². The van der Waals surface area contributed by atoms with Crippen LogP contribution in [0.25, 0.3) is 0 Å². The number of H-pyrrole nitrogens is 1. The molecule has 0 saturated carbocycles. The number of aromatic amines is 1. The van der Waals surface area contributed by atoms with Gasteiger partial charge in [0.25, 0.3) is 11.5 Å². The van der Waals surface area contributed by atoms with Crippen LogP contribution in [0.5, 0.6) is 0 Å².